The highest BCUT2D eigenvalue weighted by Crippen LogP contribution is 1.94. The van der Waals surface area contributed by atoms with E-state index in [0.29, 0.717) is 12.7 Å². The summed E-state index contributed by atoms with van der Waals surface area (Å²) in [4.78, 5) is 9.95. The molecular weight excluding hydrogens is 118 g/mol. The topological polar surface area (TPSA) is 49.7 Å². The zero-order chi connectivity index (χ0) is 7.11. The molecule has 0 radical (unpaired) electrons. The Hall–Kier alpha value is -0.860. The number of carbonyl (C=O) groups excluding carboxylic acids is 1. The second-order valence-corrected chi connectivity index (χ2v) is 1.81. The summed E-state index contributed by atoms with van der Waals surface area (Å²) in [5.41, 5.74) is 0.233. The summed E-state index contributed by atoms with van der Waals surface area (Å²) in [7, 11) is 0. The van der Waals surface area contributed by atoms with Gasteiger partial charge in [-0.3, -0.25) is 4.79 Å². The largest absolute Gasteiger partial charge is 0.411 e. The van der Waals surface area contributed by atoms with Crippen LogP contribution in [0.5, 0.6) is 0 Å². The quantitative estimate of drug-likeness (QED) is 0.268. The lowest BCUT2D eigenvalue weighted by atomic mass is 10.2. The van der Waals surface area contributed by atoms with Crippen molar-refractivity contribution in [1.82, 2.24) is 0 Å². The van der Waals surface area contributed by atoms with Gasteiger partial charge in [0.15, 0.2) is 6.29 Å². The number of rotatable bonds is 4. The van der Waals surface area contributed by atoms with E-state index >= 15 is 0 Å². The van der Waals surface area contributed by atoms with E-state index in [-0.39, 0.29) is 5.71 Å². The van der Waals surface area contributed by atoms with E-state index in [4.69, 9.17) is 5.21 Å². The minimum Gasteiger partial charge on any atom is -0.411 e. The molecule has 3 nitrogen and oxygen atoms in total. The number of nitrogens with zero attached hydrogens (tertiary/aromatic N) is 1. The molecule has 0 heterocycles. The fourth-order valence-corrected chi connectivity index (χ4v) is 0.490. The molecule has 0 aliphatic carbocycles. The van der Waals surface area contributed by atoms with Crippen LogP contribution in [-0.2, 0) is 4.79 Å². The molecular formula is C6H11NO2. The number of hydrogen-bond donors (Lipinski definition) is 1. The van der Waals surface area contributed by atoms with Crippen LogP contribution in [0, 0.1) is 0 Å². The molecule has 0 atom stereocenters. The minimum absolute atomic E-state index is 0.233. The third-order valence-corrected chi connectivity index (χ3v) is 1.05. The average molecular weight is 129 g/mol. The lowest BCUT2D eigenvalue weighted by Crippen LogP contribution is -1.98. The first kappa shape index (κ1) is 8.14. The van der Waals surface area contributed by atoms with Crippen LogP contribution in [0.3, 0.4) is 0 Å². The lowest BCUT2D eigenvalue weighted by Gasteiger charge is -1.90. The molecule has 0 aliphatic heterocycles. The highest BCUT2D eigenvalue weighted by atomic mass is 16.4. The van der Waals surface area contributed by atoms with Crippen molar-refractivity contribution in [2.24, 2.45) is 5.16 Å². The van der Waals surface area contributed by atoms with Crippen LogP contribution in [0.1, 0.15) is 26.2 Å². The van der Waals surface area contributed by atoms with Crippen molar-refractivity contribution in [2.75, 3.05) is 0 Å². The summed E-state index contributed by atoms with van der Waals surface area (Å²) in [5.74, 6) is 0. The second kappa shape index (κ2) is 5.28. The first-order chi connectivity index (χ1) is 4.35. The Morgan fingerprint density at radius 3 is 2.78 bits per heavy atom. The molecule has 0 fully saturated rings. The summed E-state index contributed by atoms with van der Waals surface area (Å²) in [6, 6.07) is 0. The van der Waals surface area contributed by atoms with Crippen molar-refractivity contribution in [2.45, 2.75) is 26.2 Å². The highest BCUT2D eigenvalue weighted by Gasteiger charge is 1.94. The third kappa shape index (κ3) is 3.70. The van der Waals surface area contributed by atoms with E-state index in [1.807, 2.05) is 6.92 Å². The Kier molecular flexibility index (Phi) is 4.78. The number of oxime groups is 1. The van der Waals surface area contributed by atoms with Gasteiger partial charge < -0.3 is 5.21 Å². The summed E-state index contributed by atoms with van der Waals surface area (Å²) < 4.78 is 0. The van der Waals surface area contributed by atoms with Gasteiger partial charge in [-0.2, -0.15) is 0 Å². The van der Waals surface area contributed by atoms with Crippen LogP contribution >= 0.6 is 0 Å². The van der Waals surface area contributed by atoms with Gasteiger partial charge in [-0.1, -0.05) is 18.5 Å². The van der Waals surface area contributed by atoms with Crippen molar-refractivity contribution in [3.8, 4) is 0 Å². The molecule has 0 rings (SSSR count). The molecule has 0 aromatic carbocycles. The predicted molar refractivity (Wildman–Crippen MR) is 34.8 cm³/mol. The SMILES string of the molecule is CCCCC(C=O)=NO. The first-order valence-corrected chi connectivity index (χ1v) is 3.01. The van der Waals surface area contributed by atoms with E-state index in [0.717, 1.165) is 12.8 Å². The van der Waals surface area contributed by atoms with Crippen LogP contribution < -0.4 is 0 Å². The molecule has 1 N–H and O–H groups in total. The van der Waals surface area contributed by atoms with Crippen LogP contribution in [0.4, 0.5) is 0 Å². The third-order valence-electron chi connectivity index (χ3n) is 1.05. The van der Waals surface area contributed by atoms with E-state index in [9.17, 15) is 4.79 Å². The molecule has 0 aromatic rings. The van der Waals surface area contributed by atoms with Crippen molar-refractivity contribution in [3.05, 3.63) is 0 Å². The van der Waals surface area contributed by atoms with Gasteiger partial charge in [-0.05, 0) is 12.8 Å². The Morgan fingerprint density at radius 2 is 2.44 bits per heavy atom. The summed E-state index contributed by atoms with van der Waals surface area (Å²) in [5, 5.41) is 10.9. The molecule has 3 heteroatoms. The molecule has 0 aromatic heterocycles. The minimum atomic E-state index is 0.233. The standard InChI is InChI=1S/C6H11NO2/c1-2-3-4-6(5-8)7-9/h5,9H,2-4H2,1H3. The van der Waals surface area contributed by atoms with Crippen molar-refractivity contribution < 1.29 is 10.0 Å². The van der Waals surface area contributed by atoms with Gasteiger partial charge in [0.25, 0.3) is 0 Å². The number of aldehydes is 1. The van der Waals surface area contributed by atoms with Gasteiger partial charge >= 0.3 is 0 Å². The summed E-state index contributed by atoms with van der Waals surface area (Å²) >= 11 is 0. The average Bonchev–Trinajstić information content (AvgIpc) is 1.91. The fraction of sp³-hybridized carbons (Fsp3) is 0.667. The molecule has 0 unspecified atom stereocenters. The molecule has 0 saturated heterocycles. The zero-order valence-electron chi connectivity index (χ0n) is 5.50. The molecule has 52 valence electrons. The number of unbranched alkanes of at least 4 members (excludes halogenated alkanes) is 1. The van der Waals surface area contributed by atoms with Gasteiger partial charge in [0.2, 0.25) is 0 Å². The molecule has 0 amide bonds. The van der Waals surface area contributed by atoms with Gasteiger partial charge in [-0.25, -0.2) is 0 Å². The fourth-order valence-electron chi connectivity index (χ4n) is 0.490. The van der Waals surface area contributed by atoms with Crippen LogP contribution in [0.15, 0.2) is 5.16 Å². The molecule has 0 bridgehead atoms. The predicted octanol–water partition coefficient (Wildman–Crippen LogP) is 1.21. The van der Waals surface area contributed by atoms with Crippen LogP contribution in [-0.4, -0.2) is 17.2 Å². The summed E-state index contributed by atoms with van der Waals surface area (Å²) in [6.07, 6.45) is 3.07. The van der Waals surface area contributed by atoms with Crippen LogP contribution in [0.2, 0.25) is 0 Å². The molecule has 9 heavy (non-hydrogen) atoms. The second-order valence-electron chi connectivity index (χ2n) is 1.81. The monoisotopic (exact) mass is 129 g/mol. The van der Waals surface area contributed by atoms with E-state index in [1.54, 1.807) is 0 Å². The van der Waals surface area contributed by atoms with E-state index < -0.39 is 0 Å². The maximum atomic E-state index is 9.95. The first-order valence-electron chi connectivity index (χ1n) is 3.01. The normalized spacial score (nSPS) is 11.4. The van der Waals surface area contributed by atoms with E-state index in [1.165, 1.54) is 0 Å². The molecule has 0 spiro atoms. The lowest BCUT2D eigenvalue weighted by molar-refractivity contribution is -0.102. The highest BCUT2D eigenvalue weighted by molar-refractivity contribution is 6.27. The van der Waals surface area contributed by atoms with Crippen molar-refractivity contribution in [1.29, 1.82) is 0 Å². The maximum absolute atomic E-state index is 9.95. The number of hydrogen-bond acceptors (Lipinski definition) is 3. The molecule has 0 aliphatic rings. The Balaban J connectivity index is 3.45. The van der Waals surface area contributed by atoms with Crippen molar-refractivity contribution in [3.63, 3.8) is 0 Å². The van der Waals surface area contributed by atoms with Gasteiger partial charge in [0.1, 0.15) is 5.71 Å². The van der Waals surface area contributed by atoms with Gasteiger partial charge in [0.05, 0.1) is 0 Å². The Morgan fingerprint density at radius 1 is 1.78 bits per heavy atom. The van der Waals surface area contributed by atoms with Gasteiger partial charge in [-0.15, -0.1) is 0 Å². The Labute approximate surface area is 54.4 Å². The zero-order valence-corrected chi connectivity index (χ0v) is 5.50. The Bertz CT molecular complexity index is 110. The van der Waals surface area contributed by atoms with Gasteiger partial charge in [0, 0.05) is 0 Å². The van der Waals surface area contributed by atoms with Crippen LogP contribution in [0.25, 0.3) is 0 Å². The molecule has 0 saturated carbocycles. The maximum Gasteiger partial charge on any atom is 0.167 e. The summed E-state index contributed by atoms with van der Waals surface area (Å²) in [6.45, 7) is 2.01. The smallest absolute Gasteiger partial charge is 0.167 e. The van der Waals surface area contributed by atoms with Crippen molar-refractivity contribution >= 4 is 12.0 Å². The van der Waals surface area contributed by atoms with E-state index in [2.05, 4.69) is 5.16 Å². The number of carbonyl (C=O) groups is 1.